The van der Waals surface area contributed by atoms with E-state index in [9.17, 15) is 27.2 Å². The molecule has 0 unspecified atom stereocenters. The Morgan fingerprint density at radius 1 is 1.15 bits per heavy atom. The number of ether oxygens (including phenoxy) is 1. The molecule has 5 rings (SSSR count). The van der Waals surface area contributed by atoms with Crippen LogP contribution in [0.2, 0.25) is 5.02 Å². The number of halogens is 7. The summed E-state index contributed by atoms with van der Waals surface area (Å²) in [7, 11) is 0. The van der Waals surface area contributed by atoms with Gasteiger partial charge in [0.2, 0.25) is 5.69 Å². The first-order valence-electron chi connectivity index (χ1n) is 11.4. The lowest BCUT2D eigenvalue weighted by atomic mass is 10.0. The standard InChI is InChI=1S/C23H15ClF6N8O2S/c24-14-2-4-17(37-10-32-34-35-37)18(19(14)25)12-1-3-16(38(39)9-12)15(5-6-40-22(26)27)36-8-13(7-33-36)20-21(23(28,29)30)31-11-41-20/h1-4,7-11,15,22H,5-6H2/t15-/m0/s1. The fourth-order valence-electron chi connectivity index (χ4n) is 4.14. The number of rotatable bonds is 9. The SMILES string of the molecule is [O-][n+]1cc(-c2c(-n3cnnn3)ccc(Cl)c2F)ccc1[C@H](CCOC(F)F)n1cc(-c2scnc2C(F)(F)F)cn1. The average molecular weight is 617 g/mol. The molecular weight excluding hydrogens is 602 g/mol. The molecule has 214 valence electrons. The lowest BCUT2D eigenvalue weighted by Crippen LogP contribution is -2.36. The Bertz CT molecular complexity index is 1660. The van der Waals surface area contributed by atoms with Crippen LogP contribution in [-0.2, 0) is 10.9 Å². The second-order valence-corrected chi connectivity index (χ2v) is 9.61. The summed E-state index contributed by atoms with van der Waals surface area (Å²) in [5.74, 6) is -0.851. The first-order valence-corrected chi connectivity index (χ1v) is 12.7. The van der Waals surface area contributed by atoms with E-state index in [0.717, 1.165) is 29.2 Å². The van der Waals surface area contributed by atoms with Gasteiger partial charge in [0, 0.05) is 24.2 Å². The van der Waals surface area contributed by atoms with Crippen molar-refractivity contribution < 1.29 is 35.8 Å². The number of hydrogen-bond acceptors (Lipinski definition) is 8. The van der Waals surface area contributed by atoms with Crippen LogP contribution in [0.1, 0.15) is 23.9 Å². The maximum Gasteiger partial charge on any atom is 0.434 e. The molecule has 0 fully saturated rings. The lowest BCUT2D eigenvalue weighted by molar-refractivity contribution is -0.615. The van der Waals surface area contributed by atoms with Crippen LogP contribution in [0, 0.1) is 11.0 Å². The molecule has 10 nitrogen and oxygen atoms in total. The summed E-state index contributed by atoms with van der Waals surface area (Å²) in [5.41, 5.74) is 0.112. The molecule has 41 heavy (non-hydrogen) atoms. The fourth-order valence-corrected chi connectivity index (χ4v) is 5.08. The highest BCUT2D eigenvalue weighted by atomic mass is 35.5. The summed E-state index contributed by atoms with van der Waals surface area (Å²) in [6.07, 6.45) is -0.277. The summed E-state index contributed by atoms with van der Waals surface area (Å²) in [5, 5.41) is 27.9. The lowest BCUT2D eigenvalue weighted by Gasteiger charge is -2.18. The second kappa shape index (κ2) is 11.4. The van der Waals surface area contributed by atoms with Gasteiger partial charge in [-0.05, 0) is 28.6 Å². The Labute approximate surface area is 235 Å². The minimum Gasteiger partial charge on any atom is -0.618 e. The van der Waals surface area contributed by atoms with Crippen LogP contribution in [0.3, 0.4) is 0 Å². The molecule has 5 aromatic rings. The third-order valence-corrected chi connectivity index (χ3v) is 7.06. The van der Waals surface area contributed by atoms with Crippen molar-refractivity contribution in [2.45, 2.75) is 25.3 Å². The highest BCUT2D eigenvalue weighted by Gasteiger charge is 2.37. The molecule has 0 saturated carbocycles. The number of thiazole rings is 1. The Balaban J connectivity index is 1.55. The van der Waals surface area contributed by atoms with E-state index in [1.165, 1.54) is 46.2 Å². The van der Waals surface area contributed by atoms with Gasteiger partial charge in [-0.25, -0.2) is 9.37 Å². The maximum atomic E-state index is 15.2. The van der Waals surface area contributed by atoms with Gasteiger partial charge in [-0.1, -0.05) is 11.6 Å². The maximum absolute atomic E-state index is 15.2. The first kappa shape index (κ1) is 28.4. The van der Waals surface area contributed by atoms with Crippen molar-refractivity contribution in [1.29, 1.82) is 0 Å². The van der Waals surface area contributed by atoms with Crippen molar-refractivity contribution in [3.05, 3.63) is 82.1 Å². The zero-order valence-electron chi connectivity index (χ0n) is 20.2. The largest absolute Gasteiger partial charge is 0.618 e. The third kappa shape index (κ3) is 5.86. The van der Waals surface area contributed by atoms with Crippen LogP contribution in [0.5, 0.6) is 0 Å². The van der Waals surface area contributed by atoms with Crippen molar-refractivity contribution in [3.63, 3.8) is 0 Å². The quantitative estimate of drug-likeness (QED) is 0.125. The molecule has 0 amide bonds. The Morgan fingerprint density at radius 3 is 2.63 bits per heavy atom. The summed E-state index contributed by atoms with van der Waals surface area (Å²) in [6.45, 7) is -3.60. The average Bonchev–Trinajstić information content (AvgIpc) is 3.70. The molecule has 1 atom stereocenters. The van der Waals surface area contributed by atoms with Crippen molar-refractivity contribution in [1.82, 2.24) is 35.0 Å². The molecule has 18 heteroatoms. The zero-order valence-corrected chi connectivity index (χ0v) is 21.8. The van der Waals surface area contributed by atoms with E-state index < -0.39 is 36.9 Å². The van der Waals surface area contributed by atoms with E-state index in [2.05, 4.69) is 30.3 Å². The molecular formula is C23H15ClF6N8O2S. The van der Waals surface area contributed by atoms with Crippen LogP contribution < -0.4 is 4.73 Å². The second-order valence-electron chi connectivity index (χ2n) is 8.35. The normalized spacial score (nSPS) is 12.8. The van der Waals surface area contributed by atoms with Crippen LogP contribution >= 0.6 is 22.9 Å². The van der Waals surface area contributed by atoms with Gasteiger partial charge in [-0.3, -0.25) is 4.68 Å². The number of nitrogens with zero attached hydrogens (tertiary/aromatic N) is 8. The molecule has 4 heterocycles. The number of tetrazole rings is 1. The predicted octanol–water partition coefficient (Wildman–Crippen LogP) is 5.31. The van der Waals surface area contributed by atoms with E-state index in [0.29, 0.717) is 4.73 Å². The number of benzene rings is 1. The highest BCUT2D eigenvalue weighted by Crippen LogP contribution is 2.39. The zero-order chi connectivity index (χ0) is 29.3. The summed E-state index contributed by atoms with van der Waals surface area (Å²) in [6, 6.07) is 4.39. The van der Waals surface area contributed by atoms with Crippen molar-refractivity contribution in [2.75, 3.05) is 6.61 Å². The van der Waals surface area contributed by atoms with Crippen LogP contribution in [0.15, 0.2) is 54.7 Å². The number of alkyl halides is 5. The Morgan fingerprint density at radius 2 is 1.95 bits per heavy atom. The number of pyridine rings is 1. The van der Waals surface area contributed by atoms with Crippen molar-refractivity contribution in [2.24, 2.45) is 0 Å². The molecule has 0 aliphatic heterocycles. The molecule has 0 N–H and O–H groups in total. The molecule has 0 spiro atoms. The minimum atomic E-state index is -4.72. The first-order chi connectivity index (χ1) is 19.5. The summed E-state index contributed by atoms with van der Waals surface area (Å²) in [4.78, 5) is 3.18. The van der Waals surface area contributed by atoms with Gasteiger partial charge >= 0.3 is 12.8 Å². The number of aromatic nitrogens is 8. The van der Waals surface area contributed by atoms with Gasteiger partial charge in [0.15, 0.2) is 17.7 Å². The Kier molecular flexibility index (Phi) is 7.92. The molecule has 0 radical (unpaired) electrons. The van der Waals surface area contributed by atoms with Gasteiger partial charge < -0.3 is 9.94 Å². The predicted molar refractivity (Wildman–Crippen MR) is 132 cm³/mol. The van der Waals surface area contributed by atoms with E-state index in [1.807, 2.05) is 0 Å². The molecule has 4 aromatic heterocycles. The Hall–Kier alpha value is -4.09. The van der Waals surface area contributed by atoms with Crippen molar-refractivity contribution in [3.8, 4) is 27.3 Å². The van der Waals surface area contributed by atoms with E-state index in [4.69, 9.17) is 11.6 Å². The molecule has 0 aliphatic rings. The van der Waals surface area contributed by atoms with E-state index >= 15 is 4.39 Å². The summed E-state index contributed by atoms with van der Waals surface area (Å²) < 4.78 is 87.8. The highest BCUT2D eigenvalue weighted by molar-refractivity contribution is 7.13. The van der Waals surface area contributed by atoms with Gasteiger partial charge in [0.1, 0.15) is 12.4 Å². The summed E-state index contributed by atoms with van der Waals surface area (Å²) >= 11 is 6.72. The van der Waals surface area contributed by atoms with Crippen LogP contribution in [0.4, 0.5) is 26.3 Å². The molecule has 0 saturated heterocycles. The minimum absolute atomic E-state index is 0.0342. The van der Waals surface area contributed by atoms with Gasteiger partial charge in [-0.15, -0.1) is 16.4 Å². The monoisotopic (exact) mass is 616 g/mol. The molecule has 1 aromatic carbocycles. The number of hydrogen-bond donors (Lipinski definition) is 0. The van der Waals surface area contributed by atoms with Gasteiger partial charge in [0.25, 0.3) is 0 Å². The molecule has 0 bridgehead atoms. The van der Waals surface area contributed by atoms with Crippen LogP contribution in [0.25, 0.3) is 27.3 Å². The van der Waals surface area contributed by atoms with Gasteiger partial charge in [-0.2, -0.15) is 36.5 Å². The van der Waals surface area contributed by atoms with E-state index in [1.54, 1.807) is 0 Å². The molecule has 0 aliphatic carbocycles. The van der Waals surface area contributed by atoms with Gasteiger partial charge in [0.05, 0.1) is 45.0 Å². The van der Waals surface area contributed by atoms with Crippen molar-refractivity contribution >= 4 is 22.9 Å². The third-order valence-electron chi connectivity index (χ3n) is 5.90. The van der Waals surface area contributed by atoms with E-state index in [-0.39, 0.29) is 44.4 Å². The smallest absolute Gasteiger partial charge is 0.434 e. The van der Waals surface area contributed by atoms with Crippen LogP contribution in [-0.4, -0.2) is 48.2 Å². The fraction of sp³-hybridized carbons (Fsp3) is 0.217. The topological polar surface area (TPSA) is 110 Å².